The maximum absolute atomic E-state index is 3.65. The van der Waals surface area contributed by atoms with Gasteiger partial charge >= 0.3 is 0 Å². The molecule has 2 saturated heterocycles. The van der Waals surface area contributed by atoms with E-state index in [0.29, 0.717) is 0 Å². The SMILES string of the molecule is CCNC1CC2CCC(C1)N2Cc1cccc(C)c1. The summed E-state index contributed by atoms with van der Waals surface area (Å²) in [5, 5.41) is 3.65. The second-order valence-electron chi connectivity index (χ2n) is 6.27. The van der Waals surface area contributed by atoms with Crippen molar-refractivity contribution in [1.82, 2.24) is 10.2 Å². The number of rotatable bonds is 4. The van der Waals surface area contributed by atoms with Gasteiger partial charge in [-0.15, -0.1) is 0 Å². The van der Waals surface area contributed by atoms with Crippen molar-refractivity contribution in [2.45, 2.75) is 64.2 Å². The molecule has 104 valence electrons. The summed E-state index contributed by atoms with van der Waals surface area (Å²) in [6, 6.07) is 11.4. The quantitative estimate of drug-likeness (QED) is 0.893. The molecule has 1 aromatic rings. The summed E-state index contributed by atoms with van der Waals surface area (Å²) in [5.41, 5.74) is 2.87. The predicted octanol–water partition coefficient (Wildman–Crippen LogP) is 3.10. The molecule has 0 radical (unpaired) electrons. The molecule has 1 aromatic carbocycles. The molecule has 2 aliphatic rings. The Hall–Kier alpha value is -0.860. The fourth-order valence-electron chi connectivity index (χ4n) is 4.01. The van der Waals surface area contributed by atoms with E-state index in [1.54, 1.807) is 0 Å². The monoisotopic (exact) mass is 258 g/mol. The summed E-state index contributed by atoms with van der Waals surface area (Å²) in [5.74, 6) is 0. The molecule has 0 saturated carbocycles. The van der Waals surface area contributed by atoms with E-state index in [9.17, 15) is 0 Å². The number of nitrogens with one attached hydrogen (secondary N) is 1. The topological polar surface area (TPSA) is 15.3 Å². The molecule has 2 unspecified atom stereocenters. The standard InChI is InChI=1S/C17H26N2/c1-3-18-15-10-16-7-8-17(11-15)19(16)12-14-6-4-5-13(2)9-14/h4-6,9,15-18H,3,7-8,10-12H2,1-2H3. The van der Waals surface area contributed by atoms with Crippen LogP contribution in [0.5, 0.6) is 0 Å². The second-order valence-corrected chi connectivity index (χ2v) is 6.27. The second kappa shape index (κ2) is 5.64. The zero-order valence-electron chi connectivity index (χ0n) is 12.2. The lowest BCUT2D eigenvalue weighted by molar-refractivity contribution is 0.110. The first-order valence-corrected chi connectivity index (χ1v) is 7.81. The molecule has 0 amide bonds. The van der Waals surface area contributed by atoms with E-state index in [2.05, 4.69) is 48.3 Å². The van der Waals surface area contributed by atoms with Crippen molar-refractivity contribution in [1.29, 1.82) is 0 Å². The summed E-state index contributed by atoms with van der Waals surface area (Å²) >= 11 is 0. The number of piperidine rings is 1. The van der Waals surface area contributed by atoms with Crippen LogP contribution in [0.4, 0.5) is 0 Å². The van der Waals surface area contributed by atoms with Gasteiger partial charge in [0.05, 0.1) is 0 Å². The van der Waals surface area contributed by atoms with Crippen molar-refractivity contribution < 1.29 is 0 Å². The molecule has 2 atom stereocenters. The lowest BCUT2D eigenvalue weighted by atomic mass is 9.96. The van der Waals surface area contributed by atoms with Gasteiger partial charge in [0, 0.05) is 24.7 Å². The Bertz CT molecular complexity index is 415. The van der Waals surface area contributed by atoms with E-state index < -0.39 is 0 Å². The molecule has 19 heavy (non-hydrogen) atoms. The molecule has 0 aromatic heterocycles. The van der Waals surface area contributed by atoms with Crippen molar-refractivity contribution in [3.63, 3.8) is 0 Å². The molecular formula is C17H26N2. The summed E-state index contributed by atoms with van der Waals surface area (Å²) < 4.78 is 0. The summed E-state index contributed by atoms with van der Waals surface area (Å²) in [4.78, 5) is 2.77. The van der Waals surface area contributed by atoms with E-state index in [0.717, 1.165) is 31.2 Å². The van der Waals surface area contributed by atoms with Crippen LogP contribution in [0.25, 0.3) is 0 Å². The number of benzene rings is 1. The third-order valence-corrected chi connectivity index (χ3v) is 4.82. The third-order valence-electron chi connectivity index (χ3n) is 4.82. The van der Waals surface area contributed by atoms with Crippen LogP contribution in [0.15, 0.2) is 24.3 Å². The van der Waals surface area contributed by atoms with Gasteiger partial charge in [0.15, 0.2) is 0 Å². The highest BCUT2D eigenvalue weighted by Crippen LogP contribution is 2.36. The molecule has 2 heteroatoms. The van der Waals surface area contributed by atoms with Crippen LogP contribution in [-0.2, 0) is 6.54 Å². The Balaban J connectivity index is 1.67. The van der Waals surface area contributed by atoms with Crippen molar-refractivity contribution in [3.05, 3.63) is 35.4 Å². The summed E-state index contributed by atoms with van der Waals surface area (Å²) in [7, 11) is 0. The molecule has 0 spiro atoms. The zero-order chi connectivity index (χ0) is 13.2. The molecule has 2 bridgehead atoms. The fraction of sp³-hybridized carbons (Fsp3) is 0.647. The molecule has 1 N–H and O–H groups in total. The fourth-order valence-corrected chi connectivity index (χ4v) is 4.01. The first-order valence-electron chi connectivity index (χ1n) is 7.81. The van der Waals surface area contributed by atoms with Crippen LogP contribution in [0.2, 0.25) is 0 Å². The average molecular weight is 258 g/mol. The number of hydrogen-bond acceptors (Lipinski definition) is 2. The molecule has 2 fully saturated rings. The minimum atomic E-state index is 0.760. The van der Waals surface area contributed by atoms with Gasteiger partial charge in [-0.2, -0.15) is 0 Å². The third kappa shape index (κ3) is 2.85. The van der Waals surface area contributed by atoms with Crippen LogP contribution in [0.1, 0.15) is 43.7 Å². The van der Waals surface area contributed by atoms with Crippen molar-refractivity contribution in [2.75, 3.05) is 6.54 Å². The highest BCUT2D eigenvalue weighted by molar-refractivity contribution is 5.22. The Morgan fingerprint density at radius 3 is 2.58 bits per heavy atom. The number of aryl methyl sites for hydroxylation is 1. The molecule has 2 nitrogen and oxygen atoms in total. The Morgan fingerprint density at radius 2 is 1.95 bits per heavy atom. The Kier molecular flexibility index (Phi) is 3.90. The normalized spacial score (nSPS) is 30.7. The van der Waals surface area contributed by atoms with Gasteiger partial charge in [-0.3, -0.25) is 4.90 Å². The van der Waals surface area contributed by atoms with Crippen molar-refractivity contribution in [3.8, 4) is 0 Å². The van der Waals surface area contributed by atoms with Gasteiger partial charge < -0.3 is 5.32 Å². The van der Waals surface area contributed by atoms with Gasteiger partial charge in [0.2, 0.25) is 0 Å². The average Bonchev–Trinajstić information content (AvgIpc) is 2.62. The first kappa shape index (κ1) is 13.1. The minimum absolute atomic E-state index is 0.760. The van der Waals surface area contributed by atoms with Crippen molar-refractivity contribution >= 4 is 0 Å². The Labute approximate surface area is 117 Å². The first-order chi connectivity index (χ1) is 9.26. The van der Waals surface area contributed by atoms with Crippen LogP contribution in [0, 0.1) is 6.92 Å². The van der Waals surface area contributed by atoms with E-state index in [1.165, 1.54) is 36.8 Å². The van der Waals surface area contributed by atoms with E-state index in [1.807, 2.05) is 0 Å². The summed E-state index contributed by atoms with van der Waals surface area (Å²) in [6.45, 7) is 6.67. The minimum Gasteiger partial charge on any atom is -0.314 e. The number of fused-ring (bicyclic) bond motifs is 2. The van der Waals surface area contributed by atoms with Crippen molar-refractivity contribution in [2.24, 2.45) is 0 Å². The highest BCUT2D eigenvalue weighted by atomic mass is 15.2. The van der Waals surface area contributed by atoms with Crippen LogP contribution in [-0.4, -0.2) is 29.6 Å². The van der Waals surface area contributed by atoms with Crippen LogP contribution >= 0.6 is 0 Å². The Morgan fingerprint density at radius 1 is 1.21 bits per heavy atom. The van der Waals surface area contributed by atoms with Gasteiger partial charge in [-0.05, 0) is 44.7 Å². The van der Waals surface area contributed by atoms with Crippen LogP contribution in [0.3, 0.4) is 0 Å². The van der Waals surface area contributed by atoms with Gasteiger partial charge in [0.1, 0.15) is 0 Å². The number of nitrogens with zero attached hydrogens (tertiary/aromatic N) is 1. The predicted molar refractivity (Wildman–Crippen MR) is 80.2 cm³/mol. The van der Waals surface area contributed by atoms with E-state index >= 15 is 0 Å². The molecule has 3 rings (SSSR count). The lowest BCUT2D eigenvalue weighted by Crippen LogP contribution is -2.48. The zero-order valence-corrected chi connectivity index (χ0v) is 12.2. The molecule has 2 heterocycles. The molecule has 0 aliphatic carbocycles. The molecular weight excluding hydrogens is 232 g/mol. The maximum atomic E-state index is 3.65. The smallest absolute Gasteiger partial charge is 0.0239 e. The lowest BCUT2D eigenvalue weighted by Gasteiger charge is -2.39. The van der Waals surface area contributed by atoms with Crippen LogP contribution < -0.4 is 5.32 Å². The maximum Gasteiger partial charge on any atom is 0.0239 e. The summed E-state index contributed by atoms with van der Waals surface area (Å²) in [6.07, 6.45) is 5.49. The number of hydrogen-bond donors (Lipinski definition) is 1. The van der Waals surface area contributed by atoms with E-state index in [4.69, 9.17) is 0 Å². The highest BCUT2D eigenvalue weighted by Gasteiger charge is 2.40. The van der Waals surface area contributed by atoms with Gasteiger partial charge in [-0.25, -0.2) is 0 Å². The molecule has 2 aliphatic heterocycles. The largest absolute Gasteiger partial charge is 0.314 e. The van der Waals surface area contributed by atoms with Gasteiger partial charge in [0.25, 0.3) is 0 Å². The van der Waals surface area contributed by atoms with E-state index in [-0.39, 0.29) is 0 Å². The van der Waals surface area contributed by atoms with Gasteiger partial charge in [-0.1, -0.05) is 36.8 Å².